The van der Waals surface area contributed by atoms with Gasteiger partial charge in [0.1, 0.15) is 5.75 Å². The Morgan fingerprint density at radius 3 is 2.59 bits per heavy atom. The first-order chi connectivity index (χ1) is 8.13. The number of esters is 1. The van der Waals surface area contributed by atoms with Crippen LogP contribution >= 0.6 is 0 Å². The highest BCUT2D eigenvalue weighted by atomic mass is 16.5. The van der Waals surface area contributed by atoms with Gasteiger partial charge in [-0.3, -0.25) is 0 Å². The summed E-state index contributed by atoms with van der Waals surface area (Å²) < 4.78 is 4.70. The van der Waals surface area contributed by atoms with Crippen molar-refractivity contribution in [2.24, 2.45) is 0 Å². The molecule has 0 spiro atoms. The first-order valence-corrected chi connectivity index (χ1v) is 5.76. The van der Waals surface area contributed by atoms with Gasteiger partial charge in [-0.15, -0.1) is 0 Å². The topological polar surface area (TPSA) is 66.8 Å². The van der Waals surface area contributed by atoms with Crippen molar-refractivity contribution >= 4 is 5.97 Å². The second kappa shape index (κ2) is 6.91. The summed E-state index contributed by atoms with van der Waals surface area (Å²) in [6.45, 7) is 1.99. The van der Waals surface area contributed by atoms with Gasteiger partial charge in [0.15, 0.2) is 6.10 Å². The van der Waals surface area contributed by atoms with Crippen molar-refractivity contribution in [3.8, 4) is 5.75 Å². The van der Waals surface area contributed by atoms with Gasteiger partial charge in [-0.25, -0.2) is 4.79 Å². The number of aryl methyl sites for hydroxylation is 1. The van der Waals surface area contributed by atoms with E-state index in [1.165, 1.54) is 0 Å². The van der Waals surface area contributed by atoms with E-state index in [2.05, 4.69) is 0 Å². The van der Waals surface area contributed by atoms with Crippen molar-refractivity contribution in [2.45, 2.75) is 32.3 Å². The van der Waals surface area contributed by atoms with Crippen LogP contribution in [0.2, 0.25) is 0 Å². The number of carbonyl (C=O) groups is 1. The standard InChI is InChI=1S/C13H18O4/c1-2-17-13(16)12(15)5-3-4-10-6-8-11(14)9-7-10/h6-9,12,14-15H,2-5H2,1H3/t12-/m1/s1. The summed E-state index contributed by atoms with van der Waals surface area (Å²) in [5, 5.41) is 18.6. The molecule has 1 aromatic rings. The highest BCUT2D eigenvalue weighted by Crippen LogP contribution is 2.12. The van der Waals surface area contributed by atoms with Crippen LogP contribution in [0.5, 0.6) is 5.75 Å². The lowest BCUT2D eigenvalue weighted by atomic mass is 10.1. The van der Waals surface area contributed by atoms with E-state index >= 15 is 0 Å². The first-order valence-electron chi connectivity index (χ1n) is 5.76. The predicted octanol–water partition coefficient (Wildman–Crippen LogP) is 1.64. The van der Waals surface area contributed by atoms with Crippen LogP contribution in [0, 0.1) is 0 Å². The maximum Gasteiger partial charge on any atom is 0.334 e. The molecule has 94 valence electrons. The summed E-state index contributed by atoms with van der Waals surface area (Å²) in [5.74, 6) is -0.321. The highest BCUT2D eigenvalue weighted by Gasteiger charge is 2.15. The molecule has 0 radical (unpaired) electrons. The number of aliphatic hydroxyl groups excluding tert-OH is 1. The Kier molecular flexibility index (Phi) is 5.49. The van der Waals surface area contributed by atoms with E-state index < -0.39 is 12.1 Å². The molecule has 0 bridgehead atoms. The molecule has 2 N–H and O–H groups in total. The molecule has 0 amide bonds. The van der Waals surface area contributed by atoms with E-state index in [0.29, 0.717) is 12.8 Å². The molecule has 4 heteroatoms. The van der Waals surface area contributed by atoms with Crippen LogP contribution in [-0.4, -0.2) is 28.9 Å². The number of hydrogen-bond acceptors (Lipinski definition) is 4. The Balaban J connectivity index is 2.27. The van der Waals surface area contributed by atoms with Crippen molar-refractivity contribution in [2.75, 3.05) is 6.61 Å². The van der Waals surface area contributed by atoms with Crippen molar-refractivity contribution < 1.29 is 19.7 Å². The van der Waals surface area contributed by atoms with Crippen molar-refractivity contribution in [3.05, 3.63) is 29.8 Å². The Hall–Kier alpha value is -1.55. The van der Waals surface area contributed by atoms with E-state index in [1.54, 1.807) is 19.1 Å². The average Bonchev–Trinajstić information content (AvgIpc) is 2.32. The fraction of sp³-hybridized carbons (Fsp3) is 0.462. The van der Waals surface area contributed by atoms with Crippen molar-refractivity contribution in [1.29, 1.82) is 0 Å². The van der Waals surface area contributed by atoms with E-state index in [9.17, 15) is 9.90 Å². The predicted molar refractivity (Wildman–Crippen MR) is 63.7 cm³/mol. The van der Waals surface area contributed by atoms with Crippen molar-refractivity contribution in [1.82, 2.24) is 0 Å². The fourth-order valence-corrected chi connectivity index (χ4v) is 1.52. The number of aliphatic hydroxyl groups is 1. The minimum Gasteiger partial charge on any atom is -0.508 e. The molecule has 1 rings (SSSR count). The largest absolute Gasteiger partial charge is 0.508 e. The van der Waals surface area contributed by atoms with Crippen LogP contribution in [0.25, 0.3) is 0 Å². The third-order valence-electron chi connectivity index (χ3n) is 2.44. The van der Waals surface area contributed by atoms with Crippen LogP contribution in [0.4, 0.5) is 0 Å². The van der Waals surface area contributed by atoms with E-state index in [4.69, 9.17) is 9.84 Å². The number of phenols is 1. The first kappa shape index (κ1) is 13.5. The van der Waals surface area contributed by atoms with Gasteiger partial charge in [-0.1, -0.05) is 12.1 Å². The zero-order chi connectivity index (χ0) is 12.7. The Morgan fingerprint density at radius 2 is 2.00 bits per heavy atom. The van der Waals surface area contributed by atoms with Gasteiger partial charge >= 0.3 is 5.97 Å². The molecule has 0 unspecified atom stereocenters. The van der Waals surface area contributed by atoms with Crippen LogP contribution in [0.3, 0.4) is 0 Å². The van der Waals surface area contributed by atoms with E-state index in [1.807, 2.05) is 12.1 Å². The summed E-state index contributed by atoms with van der Waals surface area (Å²) in [7, 11) is 0. The molecular formula is C13H18O4. The Bertz CT molecular complexity index is 345. The van der Waals surface area contributed by atoms with Crippen LogP contribution in [0.15, 0.2) is 24.3 Å². The summed E-state index contributed by atoms with van der Waals surface area (Å²) in [6, 6.07) is 6.90. The van der Waals surface area contributed by atoms with Gasteiger partial charge in [0.05, 0.1) is 6.61 Å². The molecule has 0 saturated heterocycles. The quantitative estimate of drug-likeness (QED) is 0.739. The fourth-order valence-electron chi connectivity index (χ4n) is 1.52. The second-order valence-electron chi connectivity index (χ2n) is 3.83. The maximum atomic E-state index is 11.1. The average molecular weight is 238 g/mol. The number of hydrogen-bond donors (Lipinski definition) is 2. The molecule has 0 heterocycles. The van der Waals surface area contributed by atoms with Gasteiger partial charge in [0, 0.05) is 0 Å². The molecule has 0 aliphatic heterocycles. The lowest BCUT2D eigenvalue weighted by Gasteiger charge is -2.09. The third kappa shape index (κ3) is 4.87. The molecule has 0 saturated carbocycles. The summed E-state index contributed by atoms with van der Waals surface area (Å²) in [4.78, 5) is 11.1. The molecule has 1 aromatic carbocycles. The monoisotopic (exact) mass is 238 g/mol. The number of phenolic OH excluding ortho intramolecular Hbond substituents is 1. The Morgan fingerprint density at radius 1 is 1.35 bits per heavy atom. The lowest BCUT2D eigenvalue weighted by molar-refractivity contribution is -0.153. The maximum absolute atomic E-state index is 11.1. The Labute approximate surface area is 101 Å². The minimum atomic E-state index is -1.04. The summed E-state index contributed by atoms with van der Waals surface area (Å²) >= 11 is 0. The number of carbonyl (C=O) groups excluding carboxylic acids is 1. The molecule has 1 atom stereocenters. The highest BCUT2D eigenvalue weighted by molar-refractivity contribution is 5.74. The molecule has 0 fully saturated rings. The zero-order valence-corrected chi connectivity index (χ0v) is 9.93. The molecule has 4 nitrogen and oxygen atoms in total. The van der Waals surface area contributed by atoms with Crippen LogP contribution < -0.4 is 0 Å². The molecule has 0 aliphatic rings. The third-order valence-corrected chi connectivity index (χ3v) is 2.44. The summed E-state index contributed by atoms with van der Waals surface area (Å²) in [6.07, 6.45) is 0.813. The smallest absolute Gasteiger partial charge is 0.334 e. The van der Waals surface area contributed by atoms with Gasteiger partial charge in [0.25, 0.3) is 0 Å². The summed E-state index contributed by atoms with van der Waals surface area (Å²) in [5.41, 5.74) is 1.07. The number of rotatable bonds is 6. The van der Waals surface area contributed by atoms with Gasteiger partial charge in [-0.2, -0.15) is 0 Å². The number of ether oxygens (including phenoxy) is 1. The molecule has 0 aliphatic carbocycles. The van der Waals surface area contributed by atoms with Crippen LogP contribution in [0.1, 0.15) is 25.3 Å². The van der Waals surface area contributed by atoms with Crippen molar-refractivity contribution in [3.63, 3.8) is 0 Å². The SMILES string of the molecule is CCOC(=O)[C@H](O)CCCc1ccc(O)cc1. The van der Waals surface area contributed by atoms with Gasteiger partial charge in [-0.05, 0) is 43.9 Å². The molecule has 0 aromatic heterocycles. The number of aromatic hydroxyl groups is 1. The minimum absolute atomic E-state index is 0.236. The van der Waals surface area contributed by atoms with Gasteiger partial charge in [0.2, 0.25) is 0 Å². The normalized spacial score (nSPS) is 12.1. The zero-order valence-electron chi connectivity index (χ0n) is 9.93. The van der Waals surface area contributed by atoms with E-state index in [-0.39, 0.29) is 12.4 Å². The van der Waals surface area contributed by atoms with Gasteiger partial charge < -0.3 is 14.9 Å². The lowest BCUT2D eigenvalue weighted by Crippen LogP contribution is -2.23. The van der Waals surface area contributed by atoms with Crippen LogP contribution in [-0.2, 0) is 16.0 Å². The second-order valence-corrected chi connectivity index (χ2v) is 3.83. The van der Waals surface area contributed by atoms with E-state index in [0.717, 1.165) is 12.0 Å². The number of benzene rings is 1. The molecule has 17 heavy (non-hydrogen) atoms. The molecular weight excluding hydrogens is 220 g/mol.